The maximum atomic E-state index is 13.2. The molecule has 8 heteroatoms. The van der Waals surface area contributed by atoms with Gasteiger partial charge in [-0.2, -0.15) is 0 Å². The van der Waals surface area contributed by atoms with Gasteiger partial charge in [0.15, 0.2) is 21.5 Å². The van der Waals surface area contributed by atoms with Crippen LogP contribution in [0.5, 0.6) is 0 Å². The van der Waals surface area contributed by atoms with Crippen molar-refractivity contribution in [1.82, 2.24) is 5.32 Å². The lowest BCUT2D eigenvalue weighted by atomic mass is 10.2. The van der Waals surface area contributed by atoms with Gasteiger partial charge in [0, 0.05) is 13.2 Å². The minimum Gasteiger partial charge on any atom is -0.376 e. The number of ether oxygens (including phenoxy) is 1. The second-order valence-corrected chi connectivity index (χ2v) is 7.41. The highest BCUT2D eigenvalue weighted by Crippen LogP contribution is 2.19. The minimum absolute atomic E-state index is 0.109. The predicted octanol–water partition coefficient (Wildman–Crippen LogP) is 1.42. The van der Waals surface area contributed by atoms with E-state index in [-0.39, 0.29) is 12.6 Å². The number of benzene rings is 1. The van der Waals surface area contributed by atoms with Crippen molar-refractivity contribution >= 4 is 15.7 Å². The van der Waals surface area contributed by atoms with Crippen molar-refractivity contribution in [3.05, 3.63) is 29.8 Å². The molecule has 0 spiro atoms. The van der Waals surface area contributed by atoms with Gasteiger partial charge in [0.1, 0.15) is 5.25 Å². The molecule has 2 rings (SSSR count). The average Bonchev–Trinajstić information content (AvgIpc) is 3.00. The van der Waals surface area contributed by atoms with Crippen LogP contribution in [0.1, 0.15) is 19.8 Å². The number of hydrogen-bond acceptors (Lipinski definition) is 4. The molecule has 0 saturated carbocycles. The number of amides is 1. The van der Waals surface area contributed by atoms with Crippen molar-refractivity contribution in [2.24, 2.45) is 0 Å². The fourth-order valence-corrected chi connectivity index (χ4v) is 3.46. The Labute approximate surface area is 127 Å². The Bertz CT molecular complexity index is 657. The third-order valence-electron chi connectivity index (χ3n) is 3.58. The van der Waals surface area contributed by atoms with E-state index in [1.807, 2.05) is 0 Å². The van der Waals surface area contributed by atoms with Gasteiger partial charge in [-0.05, 0) is 38.0 Å². The molecular weight excluding hydrogens is 316 g/mol. The Kier molecular flexibility index (Phi) is 5.12. The van der Waals surface area contributed by atoms with Crippen LogP contribution < -0.4 is 5.32 Å². The fourth-order valence-electron chi connectivity index (χ4n) is 2.16. The lowest BCUT2D eigenvalue weighted by molar-refractivity contribution is -0.120. The lowest BCUT2D eigenvalue weighted by Gasteiger charge is -2.15. The first-order chi connectivity index (χ1) is 10.3. The topological polar surface area (TPSA) is 72.5 Å². The normalized spacial score (nSPS) is 19.9. The zero-order valence-electron chi connectivity index (χ0n) is 12.0. The highest BCUT2D eigenvalue weighted by atomic mass is 32.2. The number of hydrogen-bond donors (Lipinski definition) is 1. The first-order valence-corrected chi connectivity index (χ1v) is 8.45. The summed E-state index contributed by atoms with van der Waals surface area (Å²) in [4.78, 5) is 11.5. The molecule has 0 unspecified atom stereocenters. The number of carbonyl (C=O) groups excluding carboxylic acids is 1. The molecule has 1 saturated heterocycles. The van der Waals surface area contributed by atoms with E-state index in [9.17, 15) is 22.0 Å². The van der Waals surface area contributed by atoms with Gasteiger partial charge in [-0.15, -0.1) is 0 Å². The van der Waals surface area contributed by atoms with Crippen molar-refractivity contribution < 1.29 is 26.7 Å². The smallest absolute Gasteiger partial charge is 0.238 e. The molecule has 0 bridgehead atoms. The summed E-state index contributed by atoms with van der Waals surface area (Å²) in [5, 5.41) is 1.11. The minimum atomic E-state index is -4.08. The number of nitrogens with one attached hydrogen (secondary N) is 1. The maximum absolute atomic E-state index is 13.2. The summed E-state index contributed by atoms with van der Waals surface area (Å²) in [5.41, 5.74) is 0. The van der Waals surface area contributed by atoms with Crippen LogP contribution in [0.3, 0.4) is 0 Å². The number of sulfone groups is 1. The molecule has 1 aliphatic rings. The van der Waals surface area contributed by atoms with Crippen molar-refractivity contribution in [3.63, 3.8) is 0 Å². The largest absolute Gasteiger partial charge is 0.376 e. The summed E-state index contributed by atoms with van der Waals surface area (Å²) in [6.07, 6.45) is 1.61. The fraction of sp³-hybridized carbons (Fsp3) is 0.500. The van der Waals surface area contributed by atoms with Gasteiger partial charge in [-0.25, -0.2) is 17.2 Å². The number of halogens is 2. The molecule has 1 amide bonds. The van der Waals surface area contributed by atoms with E-state index < -0.39 is 37.5 Å². The first-order valence-electron chi connectivity index (χ1n) is 6.90. The molecule has 122 valence electrons. The monoisotopic (exact) mass is 333 g/mol. The van der Waals surface area contributed by atoms with E-state index in [2.05, 4.69) is 5.32 Å². The average molecular weight is 333 g/mol. The lowest BCUT2D eigenvalue weighted by Crippen LogP contribution is -2.41. The standard InChI is InChI=1S/C14H17F2NO4S/c1-9(14(18)17-8-10-3-2-6-21-10)22(19,20)11-4-5-12(15)13(16)7-11/h4-5,7,9-10H,2-3,6,8H2,1H3,(H,17,18)/t9-,10+/m0/s1. The first kappa shape index (κ1) is 16.8. The molecule has 22 heavy (non-hydrogen) atoms. The number of carbonyl (C=O) groups is 1. The van der Waals surface area contributed by atoms with Gasteiger partial charge in [-0.3, -0.25) is 4.79 Å². The van der Waals surface area contributed by atoms with E-state index in [1.165, 1.54) is 6.92 Å². The second-order valence-electron chi connectivity index (χ2n) is 5.14. The van der Waals surface area contributed by atoms with Crippen LogP contribution in [-0.2, 0) is 19.4 Å². The highest BCUT2D eigenvalue weighted by Gasteiger charge is 2.31. The molecule has 1 aromatic rings. The van der Waals surface area contributed by atoms with Crippen LogP contribution in [0.2, 0.25) is 0 Å². The molecule has 1 heterocycles. The maximum Gasteiger partial charge on any atom is 0.238 e. The molecule has 5 nitrogen and oxygen atoms in total. The Balaban J connectivity index is 2.06. The summed E-state index contributed by atoms with van der Waals surface area (Å²) in [5.74, 6) is -3.11. The SMILES string of the molecule is C[C@@H](C(=O)NC[C@H]1CCCO1)S(=O)(=O)c1ccc(F)c(F)c1. The molecule has 1 N–H and O–H groups in total. The summed E-state index contributed by atoms with van der Waals surface area (Å²) in [6.45, 7) is 2.07. The Hall–Kier alpha value is -1.54. The summed E-state index contributed by atoms with van der Waals surface area (Å²) in [6, 6.07) is 2.24. The third kappa shape index (κ3) is 3.61. The van der Waals surface area contributed by atoms with Gasteiger partial charge in [-0.1, -0.05) is 0 Å². The molecule has 1 aliphatic heterocycles. The highest BCUT2D eigenvalue weighted by molar-refractivity contribution is 7.92. The second kappa shape index (κ2) is 6.70. The summed E-state index contributed by atoms with van der Waals surface area (Å²) < 4.78 is 55.9. The van der Waals surface area contributed by atoms with Gasteiger partial charge in [0.05, 0.1) is 11.0 Å². The van der Waals surface area contributed by atoms with Gasteiger partial charge >= 0.3 is 0 Å². The molecule has 1 aromatic carbocycles. The summed E-state index contributed by atoms with van der Waals surface area (Å²) >= 11 is 0. The van der Waals surface area contributed by atoms with Crippen LogP contribution >= 0.6 is 0 Å². The summed E-state index contributed by atoms with van der Waals surface area (Å²) in [7, 11) is -4.08. The Morgan fingerprint density at radius 3 is 2.73 bits per heavy atom. The van der Waals surface area contributed by atoms with Crippen LogP contribution in [0.15, 0.2) is 23.1 Å². The van der Waals surface area contributed by atoms with E-state index in [0.717, 1.165) is 25.0 Å². The van der Waals surface area contributed by atoms with E-state index in [1.54, 1.807) is 0 Å². The quantitative estimate of drug-likeness (QED) is 0.827. The van der Waals surface area contributed by atoms with Crippen molar-refractivity contribution in [2.75, 3.05) is 13.2 Å². The van der Waals surface area contributed by atoms with E-state index in [4.69, 9.17) is 4.74 Å². The molecule has 0 aromatic heterocycles. The Morgan fingerprint density at radius 2 is 2.14 bits per heavy atom. The van der Waals surface area contributed by atoms with E-state index in [0.29, 0.717) is 12.7 Å². The number of rotatable bonds is 5. The van der Waals surface area contributed by atoms with Gasteiger partial charge < -0.3 is 10.1 Å². The van der Waals surface area contributed by atoms with Crippen LogP contribution in [0.25, 0.3) is 0 Å². The van der Waals surface area contributed by atoms with Crippen molar-refractivity contribution in [1.29, 1.82) is 0 Å². The van der Waals surface area contributed by atoms with Crippen molar-refractivity contribution in [2.45, 2.75) is 36.0 Å². The zero-order valence-corrected chi connectivity index (χ0v) is 12.8. The Morgan fingerprint density at radius 1 is 1.41 bits per heavy atom. The van der Waals surface area contributed by atoms with E-state index >= 15 is 0 Å². The van der Waals surface area contributed by atoms with Gasteiger partial charge in [0.25, 0.3) is 0 Å². The zero-order chi connectivity index (χ0) is 16.3. The van der Waals surface area contributed by atoms with Crippen LogP contribution in [-0.4, -0.2) is 38.8 Å². The molecule has 1 fully saturated rings. The van der Waals surface area contributed by atoms with Crippen molar-refractivity contribution in [3.8, 4) is 0 Å². The molecule has 2 atom stereocenters. The third-order valence-corrected chi connectivity index (χ3v) is 5.64. The molecule has 0 radical (unpaired) electrons. The van der Waals surface area contributed by atoms with Crippen LogP contribution in [0, 0.1) is 11.6 Å². The molecule has 0 aliphatic carbocycles. The van der Waals surface area contributed by atoms with Crippen LogP contribution in [0.4, 0.5) is 8.78 Å². The predicted molar refractivity (Wildman–Crippen MR) is 75.0 cm³/mol. The molecular formula is C14H17F2NO4S. The van der Waals surface area contributed by atoms with Gasteiger partial charge in [0.2, 0.25) is 5.91 Å².